The third-order valence-corrected chi connectivity index (χ3v) is 5.83. The Kier molecular flexibility index (Phi) is 6.30. The summed E-state index contributed by atoms with van der Waals surface area (Å²) in [6.07, 6.45) is 1.46. The maximum Gasteiger partial charge on any atom is 0.293 e. The Labute approximate surface area is 168 Å². The van der Waals surface area contributed by atoms with Gasteiger partial charge in [-0.3, -0.25) is 19.3 Å². The number of hydrogen-bond donors (Lipinski definition) is 1. The van der Waals surface area contributed by atoms with Crippen LogP contribution in [0, 0.1) is 5.82 Å². The summed E-state index contributed by atoms with van der Waals surface area (Å²) in [6, 6.07) is 7.91. The molecule has 140 valence electrons. The van der Waals surface area contributed by atoms with E-state index in [-0.39, 0.29) is 41.2 Å². The zero-order valence-corrected chi connectivity index (χ0v) is 16.3. The molecule has 0 bridgehead atoms. The van der Waals surface area contributed by atoms with Gasteiger partial charge in [0.15, 0.2) is 0 Å². The second-order valence-corrected chi connectivity index (χ2v) is 7.96. The van der Waals surface area contributed by atoms with Gasteiger partial charge in [0, 0.05) is 28.6 Å². The van der Waals surface area contributed by atoms with Crippen LogP contribution in [0.2, 0.25) is 5.02 Å². The van der Waals surface area contributed by atoms with Gasteiger partial charge in [-0.05, 0) is 41.4 Å². The first-order valence-corrected chi connectivity index (χ1v) is 10.0. The van der Waals surface area contributed by atoms with Crippen LogP contribution >= 0.6 is 34.7 Å². The monoisotopic (exact) mass is 424 g/mol. The van der Waals surface area contributed by atoms with Crippen molar-refractivity contribution in [3.05, 3.63) is 61.9 Å². The van der Waals surface area contributed by atoms with Crippen LogP contribution in [0.25, 0.3) is 6.08 Å². The Balaban J connectivity index is 1.53. The molecule has 1 N–H and O–H groups in total. The Morgan fingerprint density at radius 1 is 1.26 bits per heavy atom. The summed E-state index contributed by atoms with van der Waals surface area (Å²) in [5.74, 6) is -1.38. The van der Waals surface area contributed by atoms with E-state index >= 15 is 0 Å². The predicted molar refractivity (Wildman–Crippen MR) is 105 cm³/mol. The Morgan fingerprint density at radius 3 is 2.78 bits per heavy atom. The number of halogens is 2. The second-order valence-electron chi connectivity index (χ2n) is 5.58. The van der Waals surface area contributed by atoms with Crippen molar-refractivity contribution in [2.24, 2.45) is 0 Å². The molecule has 2 heterocycles. The number of rotatable bonds is 6. The lowest BCUT2D eigenvalue weighted by molar-refractivity contribution is -0.124. The van der Waals surface area contributed by atoms with Gasteiger partial charge < -0.3 is 5.32 Å². The fourth-order valence-electron chi connectivity index (χ4n) is 2.43. The van der Waals surface area contributed by atoms with Crippen LogP contribution in [-0.4, -0.2) is 35.0 Å². The molecule has 1 aromatic carbocycles. The van der Waals surface area contributed by atoms with E-state index in [2.05, 4.69) is 5.32 Å². The fourth-order valence-corrected chi connectivity index (χ4v) is 4.24. The number of carbonyl (C=O) groups is 3. The van der Waals surface area contributed by atoms with Crippen LogP contribution in [0.15, 0.2) is 40.6 Å². The highest BCUT2D eigenvalue weighted by Gasteiger charge is 2.34. The molecule has 1 saturated heterocycles. The molecule has 0 atom stereocenters. The van der Waals surface area contributed by atoms with Gasteiger partial charge in [0.2, 0.25) is 5.91 Å². The van der Waals surface area contributed by atoms with Crippen molar-refractivity contribution < 1.29 is 18.8 Å². The fraction of sp³-hybridized carbons (Fsp3) is 0.167. The molecule has 27 heavy (non-hydrogen) atoms. The first-order chi connectivity index (χ1) is 13.0. The molecule has 0 saturated carbocycles. The summed E-state index contributed by atoms with van der Waals surface area (Å²) >= 11 is 8.24. The quantitative estimate of drug-likeness (QED) is 0.713. The van der Waals surface area contributed by atoms with Gasteiger partial charge in [0.25, 0.3) is 11.1 Å². The molecular formula is C18H14ClFN2O3S2. The highest BCUT2D eigenvalue weighted by atomic mass is 35.5. The number of nitrogens with zero attached hydrogens (tertiary/aromatic N) is 1. The van der Waals surface area contributed by atoms with E-state index in [0.717, 1.165) is 21.5 Å². The number of carbonyl (C=O) groups excluding carboxylic acids is 3. The van der Waals surface area contributed by atoms with Gasteiger partial charge >= 0.3 is 0 Å². The zero-order chi connectivity index (χ0) is 19.4. The summed E-state index contributed by atoms with van der Waals surface area (Å²) in [4.78, 5) is 38.7. The molecule has 0 spiro atoms. The van der Waals surface area contributed by atoms with Crippen molar-refractivity contribution in [3.8, 4) is 0 Å². The van der Waals surface area contributed by atoms with Crippen molar-refractivity contribution in [1.29, 1.82) is 0 Å². The number of amides is 3. The number of thioether (sulfide) groups is 1. The molecular weight excluding hydrogens is 411 g/mol. The average molecular weight is 425 g/mol. The van der Waals surface area contributed by atoms with Crippen molar-refractivity contribution in [2.45, 2.75) is 6.42 Å². The molecule has 3 rings (SSSR count). The molecule has 1 aromatic heterocycles. The van der Waals surface area contributed by atoms with E-state index in [9.17, 15) is 18.8 Å². The van der Waals surface area contributed by atoms with Crippen molar-refractivity contribution in [2.75, 3.05) is 13.1 Å². The third-order valence-electron chi connectivity index (χ3n) is 3.75. The number of benzene rings is 1. The number of hydrogen-bond acceptors (Lipinski definition) is 5. The normalized spacial score (nSPS) is 15.6. The van der Waals surface area contributed by atoms with E-state index in [1.54, 1.807) is 6.08 Å². The van der Waals surface area contributed by atoms with Gasteiger partial charge in [-0.25, -0.2) is 4.39 Å². The van der Waals surface area contributed by atoms with Crippen molar-refractivity contribution in [3.63, 3.8) is 0 Å². The van der Waals surface area contributed by atoms with E-state index in [4.69, 9.17) is 11.6 Å². The molecule has 2 aromatic rings. The maximum absolute atomic E-state index is 13.7. The molecule has 0 radical (unpaired) electrons. The predicted octanol–water partition coefficient (Wildman–Crippen LogP) is 3.94. The van der Waals surface area contributed by atoms with E-state index in [0.29, 0.717) is 4.91 Å². The van der Waals surface area contributed by atoms with E-state index < -0.39 is 11.7 Å². The maximum atomic E-state index is 13.7. The lowest BCUT2D eigenvalue weighted by atomic mass is 10.1. The molecule has 0 aliphatic carbocycles. The number of nitrogens with one attached hydrogen (secondary N) is 1. The smallest absolute Gasteiger partial charge is 0.293 e. The minimum Gasteiger partial charge on any atom is -0.354 e. The molecule has 9 heteroatoms. The van der Waals surface area contributed by atoms with Gasteiger partial charge in [0.1, 0.15) is 5.82 Å². The van der Waals surface area contributed by atoms with Crippen LogP contribution < -0.4 is 5.32 Å². The average Bonchev–Trinajstić information content (AvgIpc) is 3.22. The number of imide groups is 1. The first-order valence-electron chi connectivity index (χ1n) is 7.94. The topological polar surface area (TPSA) is 66.5 Å². The lowest BCUT2D eigenvalue weighted by Gasteiger charge is -2.13. The molecule has 0 unspecified atom stereocenters. The van der Waals surface area contributed by atoms with E-state index in [1.165, 1.54) is 29.5 Å². The minimum absolute atomic E-state index is 0.0448. The van der Waals surface area contributed by atoms with Gasteiger partial charge in [-0.2, -0.15) is 0 Å². The van der Waals surface area contributed by atoms with Crippen LogP contribution in [0.1, 0.15) is 10.4 Å². The lowest BCUT2D eigenvalue weighted by Crippen LogP contribution is -2.37. The second kappa shape index (κ2) is 8.69. The summed E-state index contributed by atoms with van der Waals surface area (Å²) in [5, 5.41) is 4.25. The van der Waals surface area contributed by atoms with Crippen molar-refractivity contribution >= 4 is 57.8 Å². The standard InChI is InChI=1S/C18H14ClFN2O3S2/c19-13-4-1-5-14(20)12(13)10-16(23)21-6-7-22-17(24)15(27-18(22)25)9-11-3-2-8-26-11/h1-5,8-9H,6-7,10H2,(H,21,23)/b15-9-. The molecule has 1 aliphatic rings. The molecule has 1 aliphatic heterocycles. The molecule has 1 fully saturated rings. The summed E-state index contributed by atoms with van der Waals surface area (Å²) in [7, 11) is 0. The highest BCUT2D eigenvalue weighted by molar-refractivity contribution is 8.18. The van der Waals surface area contributed by atoms with Crippen LogP contribution in [0.5, 0.6) is 0 Å². The van der Waals surface area contributed by atoms with Crippen LogP contribution in [-0.2, 0) is 16.0 Å². The first kappa shape index (κ1) is 19.6. The summed E-state index contributed by atoms with van der Waals surface area (Å²) in [6.45, 7) is 0.123. The van der Waals surface area contributed by atoms with Crippen molar-refractivity contribution in [1.82, 2.24) is 10.2 Å². The minimum atomic E-state index is -0.553. The van der Waals surface area contributed by atoms with E-state index in [1.807, 2.05) is 17.5 Å². The summed E-state index contributed by atoms with van der Waals surface area (Å²) in [5.41, 5.74) is 0.113. The van der Waals surface area contributed by atoms with Gasteiger partial charge in [0.05, 0.1) is 11.3 Å². The van der Waals surface area contributed by atoms with Gasteiger partial charge in [-0.1, -0.05) is 23.7 Å². The summed E-state index contributed by atoms with van der Waals surface area (Å²) < 4.78 is 13.7. The largest absolute Gasteiger partial charge is 0.354 e. The third kappa shape index (κ3) is 4.77. The zero-order valence-electron chi connectivity index (χ0n) is 13.9. The Morgan fingerprint density at radius 2 is 2.07 bits per heavy atom. The SMILES string of the molecule is O=C(Cc1c(F)cccc1Cl)NCCN1C(=O)S/C(=C\c2cccs2)C1=O. The Hall–Kier alpha value is -2.16. The highest BCUT2D eigenvalue weighted by Crippen LogP contribution is 2.32. The molecule has 5 nitrogen and oxygen atoms in total. The van der Waals surface area contributed by atoms with Crippen LogP contribution in [0.3, 0.4) is 0 Å². The molecule has 3 amide bonds. The Bertz CT molecular complexity index is 895. The van der Waals surface area contributed by atoms with Gasteiger partial charge in [-0.15, -0.1) is 11.3 Å². The number of thiophene rings is 1. The van der Waals surface area contributed by atoms with Crippen LogP contribution in [0.4, 0.5) is 9.18 Å².